The fraction of sp³-hybridized carbons (Fsp3) is 0.529. The lowest BCUT2D eigenvalue weighted by Crippen LogP contribution is -2.45. The second kappa shape index (κ2) is 7.10. The molecule has 23 heavy (non-hydrogen) atoms. The number of benzene rings is 1. The van der Waals surface area contributed by atoms with Crippen LogP contribution in [0.3, 0.4) is 0 Å². The molecule has 0 saturated carbocycles. The number of aliphatic hydroxyl groups is 1. The van der Waals surface area contributed by atoms with Crippen molar-refractivity contribution in [2.45, 2.75) is 44.9 Å². The summed E-state index contributed by atoms with van der Waals surface area (Å²) in [6.45, 7) is 3.36. The first-order chi connectivity index (χ1) is 11.2. The van der Waals surface area contributed by atoms with E-state index in [1.807, 2.05) is 31.2 Å². The third-order valence-corrected chi connectivity index (χ3v) is 4.36. The molecule has 2 heterocycles. The van der Waals surface area contributed by atoms with E-state index in [4.69, 9.17) is 9.15 Å². The number of rotatable bonds is 5. The number of nitrogens with zero attached hydrogens (tertiary/aromatic N) is 3. The summed E-state index contributed by atoms with van der Waals surface area (Å²) in [5.41, 5.74) is 0.791. The number of para-hydroxylation sites is 1. The summed E-state index contributed by atoms with van der Waals surface area (Å²) >= 11 is 0. The average molecular weight is 317 g/mol. The molecule has 2 atom stereocenters. The van der Waals surface area contributed by atoms with Crippen LogP contribution < -0.4 is 4.74 Å². The highest BCUT2D eigenvalue weighted by Gasteiger charge is 2.27. The van der Waals surface area contributed by atoms with E-state index in [1.165, 1.54) is 0 Å². The van der Waals surface area contributed by atoms with Gasteiger partial charge in [0.25, 0.3) is 5.89 Å². The molecule has 0 radical (unpaired) electrons. The molecule has 0 amide bonds. The Morgan fingerprint density at radius 3 is 2.96 bits per heavy atom. The van der Waals surface area contributed by atoms with Crippen LogP contribution in [0, 0.1) is 0 Å². The molecular weight excluding hydrogens is 294 g/mol. The van der Waals surface area contributed by atoms with E-state index in [9.17, 15) is 5.11 Å². The fourth-order valence-electron chi connectivity index (χ4n) is 3.18. The van der Waals surface area contributed by atoms with Gasteiger partial charge in [0, 0.05) is 6.04 Å². The Morgan fingerprint density at radius 1 is 1.35 bits per heavy atom. The Balaban J connectivity index is 1.76. The quantitative estimate of drug-likeness (QED) is 0.913. The molecule has 2 unspecified atom stereocenters. The van der Waals surface area contributed by atoms with Gasteiger partial charge in [0.2, 0.25) is 5.89 Å². The van der Waals surface area contributed by atoms with E-state index in [0.29, 0.717) is 24.1 Å². The molecule has 0 spiro atoms. The molecule has 1 saturated heterocycles. The van der Waals surface area contributed by atoms with E-state index < -0.39 is 0 Å². The number of hydrogen-bond donors (Lipinski definition) is 1. The van der Waals surface area contributed by atoms with Crippen molar-refractivity contribution in [1.82, 2.24) is 15.1 Å². The molecule has 3 rings (SSSR count). The Labute approximate surface area is 136 Å². The van der Waals surface area contributed by atoms with Crippen LogP contribution in [0.2, 0.25) is 0 Å². The molecule has 1 N–H and O–H groups in total. The van der Waals surface area contributed by atoms with Crippen molar-refractivity contribution in [3.63, 3.8) is 0 Å². The van der Waals surface area contributed by atoms with Gasteiger partial charge in [0.05, 0.1) is 25.3 Å². The highest BCUT2D eigenvalue weighted by atomic mass is 16.5. The highest BCUT2D eigenvalue weighted by molar-refractivity contribution is 5.62. The molecule has 1 fully saturated rings. The minimum atomic E-state index is -0.355. The topological polar surface area (TPSA) is 71.6 Å². The van der Waals surface area contributed by atoms with Crippen LogP contribution in [0.25, 0.3) is 11.5 Å². The number of methoxy groups -OCH3 is 1. The summed E-state index contributed by atoms with van der Waals surface area (Å²) < 4.78 is 11.2. The highest BCUT2D eigenvalue weighted by Crippen LogP contribution is 2.29. The molecule has 2 aromatic rings. The summed E-state index contributed by atoms with van der Waals surface area (Å²) in [6.07, 6.45) is 2.94. The molecule has 1 aromatic carbocycles. The Hall–Kier alpha value is -1.92. The number of likely N-dealkylation sites (tertiary alicyclic amines) is 1. The first-order valence-electron chi connectivity index (χ1n) is 8.07. The fourth-order valence-corrected chi connectivity index (χ4v) is 3.18. The van der Waals surface area contributed by atoms with E-state index in [2.05, 4.69) is 15.1 Å². The van der Waals surface area contributed by atoms with Crippen LogP contribution in [0.1, 0.15) is 32.1 Å². The number of aliphatic hydroxyl groups excluding tert-OH is 1. The summed E-state index contributed by atoms with van der Waals surface area (Å²) in [7, 11) is 1.62. The van der Waals surface area contributed by atoms with Gasteiger partial charge in [-0.25, -0.2) is 0 Å². The molecule has 6 nitrogen and oxygen atoms in total. The SMILES string of the molecule is COc1ccccc1-c1nnc(CN2CCCCC2C(C)O)o1. The summed E-state index contributed by atoms with van der Waals surface area (Å²) in [6, 6.07) is 7.74. The molecule has 0 bridgehead atoms. The number of ether oxygens (including phenoxy) is 1. The van der Waals surface area contributed by atoms with Crippen molar-refractivity contribution < 1.29 is 14.3 Å². The zero-order valence-corrected chi connectivity index (χ0v) is 13.6. The summed E-state index contributed by atoms with van der Waals surface area (Å²) in [5, 5.41) is 18.3. The Kier molecular flexibility index (Phi) is 4.93. The second-order valence-corrected chi connectivity index (χ2v) is 5.98. The smallest absolute Gasteiger partial charge is 0.251 e. The Bertz CT molecular complexity index is 642. The van der Waals surface area contributed by atoms with Gasteiger partial charge in [0.15, 0.2) is 0 Å². The van der Waals surface area contributed by atoms with Gasteiger partial charge in [-0.15, -0.1) is 10.2 Å². The largest absolute Gasteiger partial charge is 0.496 e. The van der Waals surface area contributed by atoms with Crippen molar-refractivity contribution in [3.8, 4) is 17.2 Å². The van der Waals surface area contributed by atoms with E-state index in [1.54, 1.807) is 7.11 Å². The molecule has 1 aliphatic heterocycles. The van der Waals surface area contributed by atoms with Crippen molar-refractivity contribution >= 4 is 0 Å². The third kappa shape index (κ3) is 3.54. The second-order valence-electron chi connectivity index (χ2n) is 5.98. The third-order valence-electron chi connectivity index (χ3n) is 4.36. The van der Waals surface area contributed by atoms with Crippen LogP contribution >= 0.6 is 0 Å². The van der Waals surface area contributed by atoms with E-state index in [-0.39, 0.29) is 12.1 Å². The van der Waals surface area contributed by atoms with Crippen LogP contribution in [0.5, 0.6) is 5.75 Å². The number of piperidine rings is 1. The van der Waals surface area contributed by atoms with Gasteiger partial charge in [-0.2, -0.15) is 0 Å². The van der Waals surface area contributed by atoms with Crippen molar-refractivity contribution in [3.05, 3.63) is 30.2 Å². The first-order valence-corrected chi connectivity index (χ1v) is 8.07. The maximum Gasteiger partial charge on any atom is 0.251 e. The lowest BCUT2D eigenvalue weighted by atomic mass is 9.98. The van der Waals surface area contributed by atoms with Crippen LogP contribution in [0.15, 0.2) is 28.7 Å². The molecular formula is C17H23N3O3. The monoisotopic (exact) mass is 317 g/mol. The summed E-state index contributed by atoms with van der Waals surface area (Å²) in [5.74, 6) is 1.74. The van der Waals surface area contributed by atoms with Crippen LogP contribution in [0.4, 0.5) is 0 Å². The lowest BCUT2D eigenvalue weighted by Gasteiger charge is -2.36. The maximum atomic E-state index is 9.95. The predicted octanol–water partition coefficient (Wildman–Crippen LogP) is 2.48. The normalized spacial score (nSPS) is 20.4. The average Bonchev–Trinajstić information content (AvgIpc) is 3.03. The van der Waals surface area contributed by atoms with Crippen LogP contribution in [-0.2, 0) is 6.54 Å². The van der Waals surface area contributed by atoms with Gasteiger partial charge in [0.1, 0.15) is 5.75 Å². The molecule has 0 aliphatic carbocycles. The maximum absolute atomic E-state index is 9.95. The molecule has 124 valence electrons. The minimum Gasteiger partial charge on any atom is -0.496 e. The zero-order valence-electron chi connectivity index (χ0n) is 13.6. The first kappa shape index (κ1) is 16.0. The predicted molar refractivity (Wildman–Crippen MR) is 86.0 cm³/mol. The van der Waals surface area contributed by atoms with Crippen molar-refractivity contribution in [2.24, 2.45) is 0 Å². The number of aromatic nitrogens is 2. The zero-order chi connectivity index (χ0) is 16.2. The van der Waals surface area contributed by atoms with Gasteiger partial charge in [-0.1, -0.05) is 18.6 Å². The van der Waals surface area contributed by atoms with Crippen molar-refractivity contribution in [1.29, 1.82) is 0 Å². The van der Waals surface area contributed by atoms with Gasteiger partial charge in [-0.05, 0) is 38.4 Å². The lowest BCUT2D eigenvalue weighted by molar-refractivity contribution is 0.0271. The van der Waals surface area contributed by atoms with Crippen molar-refractivity contribution in [2.75, 3.05) is 13.7 Å². The standard InChI is InChI=1S/C17H23N3O3/c1-12(21)14-8-5-6-10-20(14)11-16-18-19-17(23-16)13-7-3-4-9-15(13)22-2/h3-4,7,9,12,14,21H,5-6,8,10-11H2,1-2H3. The van der Waals surface area contributed by atoms with Gasteiger partial charge < -0.3 is 14.3 Å². The Morgan fingerprint density at radius 2 is 2.17 bits per heavy atom. The summed E-state index contributed by atoms with van der Waals surface area (Å²) in [4.78, 5) is 2.23. The van der Waals surface area contributed by atoms with E-state index >= 15 is 0 Å². The molecule has 1 aromatic heterocycles. The molecule has 6 heteroatoms. The van der Waals surface area contributed by atoms with E-state index in [0.717, 1.165) is 31.4 Å². The molecule has 1 aliphatic rings. The van der Waals surface area contributed by atoms with Crippen LogP contribution in [-0.4, -0.2) is 46.0 Å². The number of hydrogen-bond acceptors (Lipinski definition) is 6. The van der Waals surface area contributed by atoms with Gasteiger partial charge >= 0.3 is 0 Å². The minimum absolute atomic E-state index is 0.158. The van der Waals surface area contributed by atoms with Gasteiger partial charge in [-0.3, -0.25) is 4.90 Å².